The maximum absolute atomic E-state index is 2.33. The molecule has 0 spiro atoms. The fourth-order valence-electron chi connectivity index (χ4n) is 4.14. The van der Waals surface area contributed by atoms with E-state index in [1.54, 1.807) is 0 Å². The van der Waals surface area contributed by atoms with Gasteiger partial charge in [0.05, 0.1) is 0 Å². The maximum Gasteiger partial charge on any atom is 0.0441 e. The molecule has 0 saturated carbocycles. The lowest BCUT2D eigenvalue weighted by Crippen LogP contribution is -2.10. The normalized spacial score (nSPS) is 11.1. The first-order valence-electron chi connectivity index (χ1n) is 9.99. The average Bonchev–Trinajstić information content (AvgIpc) is 2.78. The highest BCUT2D eigenvalue weighted by Crippen LogP contribution is 2.36. The summed E-state index contributed by atoms with van der Waals surface area (Å²) in [5.74, 6) is 0. The number of rotatable bonds is 3. The highest BCUT2D eigenvalue weighted by atomic mass is 15.1. The lowest BCUT2D eigenvalue weighted by atomic mass is 9.94. The zero-order valence-electron chi connectivity index (χ0n) is 16.8. The molecule has 0 radical (unpaired) electrons. The molecule has 0 aromatic heterocycles. The number of hydrogen-bond donors (Lipinski definition) is 0. The summed E-state index contributed by atoms with van der Waals surface area (Å²) >= 11 is 0. The molecular weight excluding hydrogens is 350 g/mol. The van der Waals surface area contributed by atoms with Crippen LogP contribution in [0.5, 0.6) is 0 Å². The number of anilines is 1. The van der Waals surface area contributed by atoms with Crippen LogP contribution in [-0.4, -0.2) is 14.1 Å². The van der Waals surface area contributed by atoms with Crippen molar-refractivity contribution in [1.29, 1.82) is 0 Å². The highest BCUT2D eigenvalue weighted by molar-refractivity contribution is 6.08. The molecule has 0 unspecified atom stereocenters. The van der Waals surface area contributed by atoms with Gasteiger partial charge in [0, 0.05) is 25.3 Å². The summed E-state index contributed by atoms with van der Waals surface area (Å²) in [6.07, 6.45) is 0. The standard InChI is InChI=1S/C28H23N/c1-29(2)28-17-16-24(19-27(28)20-8-4-3-5-9-20)23-15-14-22-13-12-21-10-6-7-11-25(21)26(22)18-23/h3-19H,1-2H3. The van der Waals surface area contributed by atoms with E-state index in [4.69, 9.17) is 0 Å². The summed E-state index contributed by atoms with van der Waals surface area (Å²) in [6, 6.07) is 37.2. The predicted molar refractivity (Wildman–Crippen MR) is 127 cm³/mol. The van der Waals surface area contributed by atoms with E-state index >= 15 is 0 Å². The van der Waals surface area contributed by atoms with E-state index in [0.29, 0.717) is 0 Å². The second kappa shape index (κ2) is 7.10. The Kier molecular flexibility index (Phi) is 4.29. The Labute approximate surface area is 171 Å². The van der Waals surface area contributed by atoms with Crippen molar-refractivity contribution in [1.82, 2.24) is 0 Å². The van der Waals surface area contributed by atoms with Gasteiger partial charge in [0.25, 0.3) is 0 Å². The van der Waals surface area contributed by atoms with Crippen LogP contribution in [0.4, 0.5) is 5.69 Å². The Hall–Kier alpha value is -3.58. The Balaban J connectivity index is 1.71. The van der Waals surface area contributed by atoms with E-state index in [-0.39, 0.29) is 0 Å². The van der Waals surface area contributed by atoms with Gasteiger partial charge in [0.2, 0.25) is 0 Å². The second-order valence-electron chi connectivity index (χ2n) is 7.71. The van der Waals surface area contributed by atoms with Crippen LogP contribution in [0.1, 0.15) is 0 Å². The zero-order chi connectivity index (χ0) is 19.8. The first-order valence-corrected chi connectivity index (χ1v) is 9.99. The Morgan fingerprint density at radius 1 is 0.483 bits per heavy atom. The quantitative estimate of drug-likeness (QED) is 0.298. The summed E-state index contributed by atoms with van der Waals surface area (Å²) in [6.45, 7) is 0. The van der Waals surface area contributed by atoms with E-state index in [1.165, 1.54) is 49.5 Å². The number of benzene rings is 5. The first-order chi connectivity index (χ1) is 14.2. The third kappa shape index (κ3) is 3.15. The highest BCUT2D eigenvalue weighted by Gasteiger charge is 2.10. The molecule has 5 aromatic rings. The molecule has 0 aliphatic heterocycles. The van der Waals surface area contributed by atoms with Gasteiger partial charge in [-0.3, -0.25) is 0 Å². The van der Waals surface area contributed by atoms with Gasteiger partial charge < -0.3 is 4.90 Å². The SMILES string of the molecule is CN(C)c1ccc(-c2ccc3ccc4ccccc4c3c2)cc1-c1ccccc1. The lowest BCUT2D eigenvalue weighted by Gasteiger charge is -2.19. The molecule has 5 rings (SSSR count). The van der Waals surface area contributed by atoms with Gasteiger partial charge in [0.15, 0.2) is 0 Å². The molecule has 5 aromatic carbocycles. The fourth-order valence-corrected chi connectivity index (χ4v) is 4.14. The van der Waals surface area contributed by atoms with E-state index in [0.717, 1.165) is 0 Å². The van der Waals surface area contributed by atoms with E-state index < -0.39 is 0 Å². The Morgan fingerprint density at radius 2 is 1.10 bits per heavy atom. The largest absolute Gasteiger partial charge is 0.377 e. The van der Waals surface area contributed by atoms with E-state index in [1.807, 2.05) is 0 Å². The molecule has 1 nitrogen and oxygen atoms in total. The van der Waals surface area contributed by atoms with Gasteiger partial charge in [-0.15, -0.1) is 0 Å². The van der Waals surface area contributed by atoms with Crippen molar-refractivity contribution in [2.45, 2.75) is 0 Å². The molecule has 29 heavy (non-hydrogen) atoms. The van der Waals surface area contributed by atoms with Gasteiger partial charge in [-0.1, -0.05) is 84.9 Å². The molecule has 0 amide bonds. The fraction of sp³-hybridized carbons (Fsp3) is 0.0714. The molecule has 0 N–H and O–H groups in total. The molecule has 0 saturated heterocycles. The molecular formula is C28H23N. The van der Waals surface area contributed by atoms with Crippen molar-refractivity contribution in [3.05, 3.63) is 103 Å². The molecule has 0 atom stereocenters. The Bertz CT molecular complexity index is 1320. The first kappa shape index (κ1) is 17.5. The molecule has 0 aliphatic rings. The van der Waals surface area contributed by atoms with Crippen LogP contribution in [0, 0.1) is 0 Å². The summed E-state index contributed by atoms with van der Waals surface area (Å²) in [4.78, 5) is 2.18. The van der Waals surface area contributed by atoms with E-state index in [2.05, 4.69) is 122 Å². The summed E-state index contributed by atoms with van der Waals surface area (Å²) in [5, 5.41) is 5.17. The van der Waals surface area contributed by atoms with Gasteiger partial charge >= 0.3 is 0 Å². The van der Waals surface area contributed by atoms with Crippen LogP contribution < -0.4 is 4.90 Å². The third-order valence-electron chi connectivity index (χ3n) is 5.64. The van der Waals surface area contributed by atoms with Crippen molar-refractivity contribution in [3.63, 3.8) is 0 Å². The maximum atomic E-state index is 2.33. The average molecular weight is 373 g/mol. The van der Waals surface area contributed by atoms with Crippen LogP contribution in [0.2, 0.25) is 0 Å². The number of hydrogen-bond acceptors (Lipinski definition) is 1. The van der Waals surface area contributed by atoms with E-state index in [9.17, 15) is 0 Å². The number of nitrogens with zero attached hydrogens (tertiary/aromatic N) is 1. The molecule has 0 heterocycles. The van der Waals surface area contributed by atoms with Crippen molar-refractivity contribution in [2.24, 2.45) is 0 Å². The van der Waals surface area contributed by atoms with Gasteiger partial charge in [-0.2, -0.15) is 0 Å². The van der Waals surface area contributed by atoms with Crippen LogP contribution in [0.15, 0.2) is 103 Å². The van der Waals surface area contributed by atoms with Crippen molar-refractivity contribution >= 4 is 27.2 Å². The number of fused-ring (bicyclic) bond motifs is 3. The van der Waals surface area contributed by atoms with Crippen LogP contribution in [0.3, 0.4) is 0 Å². The molecule has 140 valence electrons. The minimum absolute atomic E-state index is 1.23. The van der Waals surface area contributed by atoms with Gasteiger partial charge in [-0.05, 0) is 56.4 Å². The minimum atomic E-state index is 1.23. The minimum Gasteiger partial charge on any atom is -0.377 e. The molecule has 0 aliphatic carbocycles. The van der Waals surface area contributed by atoms with Crippen LogP contribution in [0.25, 0.3) is 43.8 Å². The van der Waals surface area contributed by atoms with Crippen LogP contribution in [-0.2, 0) is 0 Å². The summed E-state index contributed by atoms with van der Waals surface area (Å²) in [7, 11) is 4.20. The summed E-state index contributed by atoms with van der Waals surface area (Å²) < 4.78 is 0. The second-order valence-corrected chi connectivity index (χ2v) is 7.71. The predicted octanol–water partition coefficient (Wildman–Crippen LogP) is 7.39. The van der Waals surface area contributed by atoms with Crippen molar-refractivity contribution in [3.8, 4) is 22.3 Å². The molecule has 0 bridgehead atoms. The van der Waals surface area contributed by atoms with Crippen LogP contribution >= 0.6 is 0 Å². The topological polar surface area (TPSA) is 3.24 Å². The van der Waals surface area contributed by atoms with Crippen molar-refractivity contribution in [2.75, 3.05) is 19.0 Å². The lowest BCUT2D eigenvalue weighted by molar-refractivity contribution is 1.13. The molecule has 0 fully saturated rings. The van der Waals surface area contributed by atoms with Gasteiger partial charge in [-0.25, -0.2) is 0 Å². The monoisotopic (exact) mass is 373 g/mol. The molecule has 1 heteroatoms. The zero-order valence-corrected chi connectivity index (χ0v) is 16.8. The third-order valence-corrected chi connectivity index (χ3v) is 5.64. The smallest absolute Gasteiger partial charge is 0.0441 e. The van der Waals surface area contributed by atoms with Gasteiger partial charge in [0.1, 0.15) is 0 Å². The summed E-state index contributed by atoms with van der Waals surface area (Å²) in [5.41, 5.74) is 6.21. The van der Waals surface area contributed by atoms with Crippen molar-refractivity contribution < 1.29 is 0 Å². The Morgan fingerprint density at radius 3 is 1.90 bits per heavy atom.